The van der Waals surface area contributed by atoms with Crippen molar-refractivity contribution in [3.05, 3.63) is 52.3 Å². The van der Waals surface area contributed by atoms with Crippen LogP contribution in [0.1, 0.15) is 47.5 Å². The maximum absolute atomic E-state index is 4.69. The molecule has 2 aromatic rings. The minimum Gasteiger partial charge on any atom is -0.308 e. The fourth-order valence-corrected chi connectivity index (χ4v) is 2.71. The van der Waals surface area contributed by atoms with Crippen LogP contribution >= 0.6 is 0 Å². The summed E-state index contributed by atoms with van der Waals surface area (Å²) in [6.45, 7) is 12.7. The van der Waals surface area contributed by atoms with E-state index in [9.17, 15) is 0 Å². The number of nitrogens with one attached hydrogen (secondary N) is 1. The van der Waals surface area contributed by atoms with Crippen LogP contribution in [0, 0.1) is 27.7 Å². The third-order valence-corrected chi connectivity index (χ3v) is 4.30. The molecule has 0 spiro atoms. The SMILES string of the molecule is CCCNC(Cn1nc(C)c(C)c1C)c1ccccc1C. The van der Waals surface area contributed by atoms with Crippen molar-refractivity contribution >= 4 is 0 Å². The molecule has 0 aliphatic carbocycles. The van der Waals surface area contributed by atoms with Gasteiger partial charge in [0.05, 0.1) is 18.3 Å². The van der Waals surface area contributed by atoms with Crippen molar-refractivity contribution in [3.63, 3.8) is 0 Å². The topological polar surface area (TPSA) is 29.9 Å². The van der Waals surface area contributed by atoms with Crippen LogP contribution in [-0.4, -0.2) is 16.3 Å². The lowest BCUT2D eigenvalue weighted by molar-refractivity contribution is 0.431. The van der Waals surface area contributed by atoms with E-state index in [1.165, 1.54) is 22.4 Å². The lowest BCUT2D eigenvalue weighted by Gasteiger charge is -2.21. The third-order valence-electron chi connectivity index (χ3n) is 4.30. The minimum atomic E-state index is 0.309. The number of hydrogen-bond donors (Lipinski definition) is 1. The molecule has 3 nitrogen and oxygen atoms in total. The molecule has 0 fully saturated rings. The van der Waals surface area contributed by atoms with E-state index in [0.29, 0.717) is 6.04 Å². The molecule has 0 saturated heterocycles. The van der Waals surface area contributed by atoms with E-state index >= 15 is 0 Å². The van der Waals surface area contributed by atoms with Gasteiger partial charge in [-0.25, -0.2) is 0 Å². The van der Waals surface area contributed by atoms with Crippen molar-refractivity contribution in [2.24, 2.45) is 0 Å². The summed E-state index contributed by atoms with van der Waals surface area (Å²) in [5.74, 6) is 0. The zero-order chi connectivity index (χ0) is 15.4. The molecule has 0 amide bonds. The molecule has 0 aliphatic rings. The quantitative estimate of drug-likeness (QED) is 0.873. The summed E-state index contributed by atoms with van der Waals surface area (Å²) in [6.07, 6.45) is 1.14. The summed E-state index contributed by atoms with van der Waals surface area (Å²) in [5.41, 5.74) is 6.41. The van der Waals surface area contributed by atoms with Crippen molar-refractivity contribution in [1.82, 2.24) is 15.1 Å². The van der Waals surface area contributed by atoms with Gasteiger partial charge in [0.1, 0.15) is 0 Å². The first-order chi connectivity index (χ1) is 10.0. The van der Waals surface area contributed by atoms with Crippen LogP contribution in [0.5, 0.6) is 0 Å². The molecule has 1 aromatic carbocycles. The lowest BCUT2D eigenvalue weighted by atomic mass is 10.0. The van der Waals surface area contributed by atoms with Gasteiger partial charge < -0.3 is 5.32 Å². The van der Waals surface area contributed by atoms with Gasteiger partial charge in [0, 0.05) is 5.69 Å². The Morgan fingerprint density at radius 2 is 1.86 bits per heavy atom. The second-order valence-electron chi connectivity index (χ2n) is 5.84. The molecule has 1 atom stereocenters. The lowest BCUT2D eigenvalue weighted by Crippen LogP contribution is -2.27. The summed E-state index contributed by atoms with van der Waals surface area (Å²) in [4.78, 5) is 0. The van der Waals surface area contributed by atoms with Crippen LogP contribution in [-0.2, 0) is 6.54 Å². The molecule has 0 saturated carbocycles. The second-order valence-corrected chi connectivity index (χ2v) is 5.84. The van der Waals surface area contributed by atoms with E-state index in [2.05, 4.69) is 74.0 Å². The van der Waals surface area contributed by atoms with Gasteiger partial charge in [0.25, 0.3) is 0 Å². The molecule has 1 heterocycles. The maximum Gasteiger partial charge on any atom is 0.0625 e. The predicted molar refractivity (Wildman–Crippen MR) is 88.7 cm³/mol. The first kappa shape index (κ1) is 15.8. The fourth-order valence-electron chi connectivity index (χ4n) is 2.71. The van der Waals surface area contributed by atoms with Gasteiger partial charge in [-0.1, -0.05) is 31.2 Å². The van der Waals surface area contributed by atoms with E-state index in [-0.39, 0.29) is 0 Å². The average Bonchev–Trinajstić information content (AvgIpc) is 2.71. The number of hydrogen-bond acceptors (Lipinski definition) is 2. The van der Waals surface area contributed by atoms with E-state index in [0.717, 1.165) is 25.2 Å². The summed E-state index contributed by atoms with van der Waals surface area (Å²) in [5, 5.41) is 8.36. The zero-order valence-corrected chi connectivity index (χ0v) is 13.9. The molecule has 0 radical (unpaired) electrons. The first-order valence-corrected chi connectivity index (χ1v) is 7.84. The van der Waals surface area contributed by atoms with Crippen LogP contribution in [0.2, 0.25) is 0 Å². The van der Waals surface area contributed by atoms with E-state index in [1.54, 1.807) is 0 Å². The smallest absolute Gasteiger partial charge is 0.0625 e. The number of aryl methyl sites for hydroxylation is 2. The molecule has 114 valence electrons. The molecule has 0 aliphatic heterocycles. The van der Waals surface area contributed by atoms with E-state index < -0.39 is 0 Å². The van der Waals surface area contributed by atoms with Gasteiger partial charge in [0.2, 0.25) is 0 Å². The third kappa shape index (κ3) is 3.53. The van der Waals surface area contributed by atoms with Crippen LogP contribution in [0.3, 0.4) is 0 Å². The Bertz CT molecular complexity index is 599. The summed E-state index contributed by atoms with van der Waals surface area (Å²) >= 11 is 0. The highest BCUT2D eigenvalue weighted by Gasteiger charge is 2.16. The number of nitrogens with zero attached hydrogens (tertiary/aromatic N) is 2. The van der Waals surface area contributed by atoms with Gasteiger partial charge >= 0.3 is 0 Å². The molecule has 0 bridgehead atoms. The van der Waals surface area contributed by atoms with Gasteiger partial charge in [-0.05, 0) is 57.4 Å². The van der Waals surface area contributed by atoms with Crippen LogP contribution < -0.4 is 5.32 Å². The predicted octanol–water partition coefficient (Wildman–Crippen LogP) is 3.86. The molecular formula is C18H27N3. The Labute approximate surface area is 128 Å². The number of aromatic nitrogens is 2. The molecular weight excluding hydrogens is 258 g/mol. The zero-order valence-electron chi connectivity index (χ0n) is 13.9. The second kappa shape index (κ2) is 6.90. The molecule has 2 rings (SSSR count). The molecule has 3 heteroatoms. The van der Waals surface area contributed by atoms with E-state index in [4.69, 9.17) is 0 Å². The first-order valence-electron chi connectivity index (χ1n) is 7.84. The van der Waals surface area contributed by atoms with Gasteiger partial charge in [0.15, 0.2) is 0 Å². The number of rotatable bonds is 6. The van der Waals surface area contributed by atoms with Gasteiger partial charge in [-0.15, -0.1) is 0 Å². The molecule has 1 unspecified atom stereocenters. The van der Waals surface area contributed by atoms with Crippen molar-refractivity contribution in [2.75, 3.05) is 6.54 Å². The van der Waals surface area contributed by atoms with Crippen molar-refractivity contribution in [2.45, 2.75) is 53.6 Å². The fraction of sp³-hybridized carbons (Fsp3) is 0.500. The summed E-state index contributed by atoms with van der Waals surface area (Å²) in [6, 6.07) is 8.94. The summed E-state index contributed by atoms with van der Waals surface area (Å²) in [7, 11) is 0. The Kier molecular flexibility index (Phi) is 5.18. The highest BCUT2D eigenvalue weighted by atomic mass is 15.3. The van der Waals surface area contributed by atoms with Crippen molar-refractivity contribution in [3.8, 4) is 0 Å². The highest BCUT2D eigenvalue weighted by Crippen LogP contribution is 2.21. The standard InChI is InChI=1S/C18H27N3/c1-6-11-19-18(17-10-8-7-9-13(17)2)12-21-16(5)14(3)15(4)20-21/h7-10,18-19H,6,11-12H2,1-5H3. The molecule has 1 N–H and O–H groups in total. The summed E-state index contributed by atoms with van der Waals surface area (Å²) < 4.78 is 2.14. The van der Waals surface area contributed by atoms with Crippen LogP contribution in [0.15, 0.2) is 24.3 Å². The van der Waals surface area contributed by atoms with Gasteiger partial charge in [-0.3, -0.25) is 4.68 Å². The average molecular weight is 285 g/mol. The highest BCUT2D eigenvalue weighted by molar-refractivity contribution is 5.29. The monoisotopic (exact) mass is 285 g/mol. The Morgan fingerprint density at radius 3 is 2.43 bits per heavy atom. The van der Waals surface area contributed by atoms with Gasteiger partial charge in [-0.2, -0.15) is 5.10 Å². The largest absolute Gasteiger partial charge is 0.308 e. The van der Waals surface area contributed by atoms with Crippen molar-refractivity contribution in [1.29, 1.82) is 0 Å². The molecule has 1 aromatic heterocycles. The Balaban J connectivity index is 2.28. The number of benzene rings is 1. The Morgan fingerprint density at radius 1 is 1.14 bits per heavy atom. The van der Waals surface area contributed by atoms with E-state index in [1.807, 2.05) is 0 Å². The Hall–Kier alpha value is -1.61. The van der Waals surface area contributed by atoms with Crippen LogP contribution in [0.25, 0.3) is 0 Å². The maximum atomic E-state index is 4.69. The van der Waals surface area contributed by atoms with Crippen molar-refractivity contribution < 1.29 is 0 Å². The molecule has 21 heavy (non-hydrogen) atoms. The minimum absolute atomic E-state index is 0.309. The van der Waals surface area contributed by atoms with Crippen LogP contribution in [0.4, 0.5) is 0 Å². The normalized spacial score (nSPS) is 12.6.